The summed E-state index contributed by atoms with van der Waals surface area (Å²) < 4.78 is 0. The molecule has 2 heterocycles. The molecular weight excluding hydrogens is 150 g/mol. The van der Waals surface area contributed by atoms with E-state index in [-0.39, 0.29) is 0 Å². The summed E-state index contributed by atoms with van der Waals surface area (Å²) in [6, 6.07) is 5.83. The van der Waals surface area contributed by atoms with Crippen molar-refractivity contribution in [1.82, 2.24) is 4.90 Å². The molecule has 2 fully saturated rings. The average Bonchev–Trinajstić information content (AvgIpc) is 2.54. The Kier molecular flexibility index (Phi) is 1.65. The smallest absolute Gasteiger partial charge is 0.0700 e. The highest BCUT2D eigenvalue weighted by atomic mass is 28.3. The lowest BCUT2D eigenvalue weighted by Gasteiger charge is -2.22. The van der Waals surface area contributed by atoms with Crippen molar-refractivity contribution in [3.05, 3.63) is 0 Å². The van der Waals surface area contributed by atoms with Crippen LogP contribution in [0.2, 0.25) is 18.1 Å². The minimum atomic E-state index is -0.553. The van der Waals surface area contributed by atoms with Crippen LogP contribution in [0, 0.1) is 5.92 Å². The first-order chi connectivity index (χ1) is 5.13. The Labute approximate surface area is 70.8 Å². The highest BCUT2D eigenvalue weighted by molar-refractivity contribution is 6.90. The fourth-order valence-corrected chi connectivity index (χ4v) is 7.82. The largest absolute Gasteiger partial charge is 0.306 e. The highest BCUT2D eigenvalue weighted by Crippen LogP contribution is 2.47. The van der Waals surface area contributed by atoms with Gasteiger partial charge in [-0.15, -0.1) is 0 Å². The summed E-state index contributed by atoms with van der Waals surface area (Å²) >= 11 is 0. The van der Waals surface area contributed by atoms with Crippen LogP contribution in [0.25, 0.3) is 0 Å². The van der Waals surface area contributed by atoms with Crippen LogP contribution in [0.4, 0.5) is 0 Å². The van der Waals surface area contributed by atoms with Gasteiger partial charge in [0.15, 0.2) is 0 Å². The van der Waals surface area contributed by atoms with Gasteiger partial charge in [-0.3, -0.25) is 0 Å². The van der Waals surface area contributed by atoms with Crippen LogP contribution >= 0.6 is 0 Å². The van der Waals surface area contributed by atoms with Crippen molar-refractivity contribution in [3.63, 3.8) is 0 Å². The van der Waals surface area contributed by atoms with Gasteiger partial charge in [0.1, 0.15) is 0 Å². The summed E-state index contributed by atoms with van der Waals surface area (Å²) in [4.78, 5) is 2.63. The number of nitrogens with zero attached hydrogens (tertiary/aromatic N) is 1. The molecule has 0 N–H and O–H groups in total. The second kappa shape index (κ2) is 2.33. The number of rotatable bonds is 1. The van der Waals surface area contributed by atoms with E-state index in [2.05, 4.69) is 25.8 Å². The molecular formula is C9H19NSi. The van der Waals surface area contributed by atoms with Crippen LogP contribution in [0.5, 0.6) is 0 Å². The highest BCUT2D eigenvalue weighted by Gasteiger charge is 2.53. The van der Waals surface area contributed by atoms with Crippen LogP contribution in [0.1, 0.15) is 13.8 Å². The first-order valence-electron chi connectivity index (χ1n) is 4.83. The lowest BCUT2D eigenvalue weighted by molar-refractivity contribution is 0.259. The molecule has 64 valence electrons. The zero-order valence-corrected chi connectivity index (χ0v) is 8.93. The normalized spacial score (nSPS) is 35.5. The summed E-state index contributed by atoms with van der Waals surface area (Å²) in [5.74, 6) is 0.882. The van der Waals surface area contributed by atoms with Gasteiger partial charge in [0.2, 0.25) is 0 Å². The van der Waals surface area contributed by atoms with Crippen molar-refractivity contribution in [2.24, 2.45) is 5.92 Å². The molecule has 2 aliphatic rings. The minimum absolute atomic E-state index is 0.553. The van der Waals surface area contributed by atoms with Gasteiger partial charge in [-0.25, -0.2) is 0 Å². The molecule has 1 atom stereocenters. The second-order valence-corrected chi connectivity index (χ2v) is 9.66. The van der Waals surface area contributed by atoms with E-state index in [1.54, 1.807) is 18.1 Å². The maximum Gasteiger partial charge on any atom is 0.0700 e. The predicted molar refractivity (Wildman–Crippen MR) is 51.4 cm³/mol. The summed E-state index contributed by atoms with van der Waals surface area (Å²) in [5.41, 5.74) is 0. The van der Waals surface area contributed by atoms with Crippen LogP contribution in [0.15, 0.2) is 0 Å². The van der Waals surface area contributed by atoms with Crippen molar-refractivity contribution in [2.75, 3.05) is 13.2 Å². The van der Waals surface area contributed by atoms with E-state index in [9.17, 15) is 0 Å². The SMILES string of the molecule is CC(C)C1C[Si]2(CC2)CN1C. The molecule has 2 aliphatic heterocycles. The van der Waals surface area contributed by atoms with Crippen molar-refractivity contribution in [3.8, 4) is 0 Å². The predicted octanol–water partition coefficient (Wildman–Crippen LogP) is 1.96. The first kappa shape index (κ1) is 7.81. The maximum absolute atomic E-state index is 2.63. The Morgan fingerprint density at radius 2 is 2.00 bits per heavy atom. The van der Waals surface area contributed by atoms with Gasteiger partial charge in [0.25, 0.3) is 0 Å². The van der Waals surface area contributed by atoms with Gasteiger partial charge in [-0.2, -0.15) is 0 Å². The van der Waals surface area contributed by atoms with E-state index >= 15 is 0 Å². The van der Waals surface area contributed by atoms with Gasteiger partial charge in [0.05, 0.1) is 8.07 Å². The van der Waals surface area contributed by atoms with Gasteiger partial charge < -0.3 is 4.90 Å². The standard InChI is InChI=1S/C9H19NSi/c1-8(2)9-6-11(4-5-11)7-10(9)3/h8-9H,4-7H2,1-3H3. The molecule has 2 saturated heterocycles. The molecule has 1 spiro atoms. The number of hydrogen-bond donors (Lipinski definition) is 0. The molecule has 0 radical (unpaired) electrons. The molecule has 0 aromatic heterocycles. The van der Waals surface area contributed by atoms with Crippen LogP contribution in [-0.4, -0.2) is 32.2 Å². The summed E-state index contributed by atoms with van der Waals surface area (Å²) in [6.07, 6.45) is 1.51. The van der Waals surface area contributed by atoms with Crippen LogP contribution in [-0.2, 0) is 0 Å². The molecule has 0 aliphatic carbocycles. The summed E-state index contributed by atoms with van der Waals surface area (Å²) in [7, 11) is 1.77. The van der Waals surface area contributed by atoms with Gasteiger partial charge >= 0.3 is 0 Å². The third kappa shape index (κ3) is 1.27. The zero-order valence-electron chi connectivity index (χ0n) is 7.93. The third-order valence-corrected chi connectivity index (χ3v) is 7.89. The molecule has 1 nitrogen and oxygen atoms in total. The lowest BCUT2D eigenvalue weighted by Crippen LogP contribution is -2.29. The van der Waals surface area contributed by atoms with E-state index in [4.69, 9.17) is 0 Å². The van der Waals surface area contributed by atoms with Crippen molar-refractivity contribution < 1.29 is 0 Å². The third-order valence-electron chi connectivity index (χ3n) is 3.52. The van der Waals surface area contributed by atoms with Crippen LogP contribution < -0.4 is 0 Å². The minimum Gasteiger partial charge on any atom is -0.306 e. The first-order valence-corrected chi connectivity index (χ1v) is 7.66. The Morgan fingerprint density at radius 1 is 1.36 bits per heavy atom. The average molecular weight is 169 g/mol. The molecule has 2 rings (SSSR count). The fourth-order valence-electron chi connectivity index (χ4n) is 2.59. The maximum atomic E-state index is 2.63. The monoisotopic (exact) mass is 169 g/mol. The number of hydrogen-bond acceptors (Lipinski definition) is 1. The molecule has 1 unspecified atom stereocenters. The molecule has 11 heavy (non-hydrogen) atoms. The molecule has 0 bridgehead atoms. The molecule has 0 saturated carbocycles. The van der Waals surface area contributed by atoms with Gasteiger partial charge in [-0.05, 0) is 25.2 Å². The summed E-state index contributed by atoms with van der Waals surface area (Å²) in [5, 5.41) is 0. The fraction of sp³-hybridized carbons (Fsp3) is 1.00. The Balaban J connectivity index is 2.02. The van der Waals surface area contributed by atoms with Crippen LogP contribution in [0.3, 0.4) is 0 Å². The quantitative estimate of drug-likeness (QED) is 0.542. The zero-order chi connectivity index (χ0) is 8.06. The second-order valence-electron chi connectivity index (χ2n) is 4.93. The van der Waals surface area contributed by atoms with Crippen molar-refractivity contribution >= 4 is 8.07 Å². The molecule has 0 amide bonds. The molecule has 0 aromatic rings. The van der Waals surface area contributed by atoms with Crippen molar-refractivity contribution in [2.45, 2.75) is 38.0 Å². The van der Waals surface area contributed by atoms with E-state index in [1.165, 1.54) is 6.17 Å². The van der Waals surface area contributed by atoms with Crippen molar-refractivity contribution in [1.29, 1.82) is 0 Å². The molecule has 0 aromatic carbocycles. The lowest BCUT2D eigenvalue weighted by atomic mass is 10.1. The molecule has 2 heteroatoms. The van der Waals surface area contributed by atoms with E-state index in [0.717, 1.165) is 12.0 Å². The van der Waals surface area contributed by atoms with E-state index < -0.39 is 8.07 Å². The summed E-state index contributed by atoms with van der Waals surface area (Å²) in [6.45, 7) is 4.74. The van der Waals surface area contributed by atoms with E-state index in [1.807, 2.05) is 0 Å². The Hall–Kier alpha value is 0.177. The van der Waals surface area contributed by atoms with Gasteiger partial charge in [-0.1, -0.05) is 25.9 Å². The topological polar surface area (TPSA) is 3.24 Å². The van der Waals surface area contributed by atoms with E-state index in [0.29, 0.717) is 0 Å². The Bertz CT molecular complexity index is 163. The Morgan fingerprint density at radius 3 is 2.27 bits per heavy atom. The van der Waals surface area contributed by atoms with Gasteiger partial charge in [0, 0.05) is 6.04 Å².